The van der Waals surface area contributed by atoms with Crippen molar-refractivity contribution < 1.29 is 14.4 Å². The second kappa shape index (κ2) is 9.22. The summed E-state index contributed by atoms with van der Waals surface area (Å²) >= 11 is 0. The van der Waals surface area contributed by atoms with E-state index < -0.39 is 6.04 Å². The van der Waals surface area contributed by atoms with Crippen LogP contribution < -0.4 is 10.2 Å². The fourth-order valence-corrected chi connectivity index (χ4v) is 4.25. The molecule has 0 fully saturated rings. The molecule has 1 aliphatic heterocycles. The second-order valence-electron chi connectivity index (χ2n) is 7.97. The van der Waals surface area contributed by atoms with E-state index in [1.165, 1.54) is 4.90 Å². The summed E-state index contributed by atoms with van der Waals surface area (Å²) in [6.07, 6.45) is 0.625. The van der Waals surface area contributed by atoms with Crippen LogP contribution in [0.15, 0.2) is 66.7 Å². The lowest BCUT2D eigenvalue weighted by atomic mass is 10.1. The monoisotopic (exact) mass is 429 g/mol. The van der Waals surface area contributed by atoms with Crippen LogP contribution in [-0.4, -0.2) is 48.3 Å². The Morgan fingerprint density at radius 1 is 1.00 bits per heavy atom. The summed E-state index contributed by atoms with van der Waals surface area (Å²) in [7, 11) is 0. The molecule has 1 heterocycles. The molecule has 0 bridgehead atoms. The summed E-state index contributed by atoms with van der Waals surface area (Å²) in [5.74, 6) is -0.635. The summed E-state index contributed by atoms with van der Waals surface area (Å²) in [6.45, 7) is 4.36. The van der Waals surface area contributed by atoms with Crippen LogP contribution in [0.25, 0.3) is 10.8 Å². The molecule has 3 aromatic carbocycles. The van der Waals surface area contributed by atoms with Gasteiger partial charge in [0.2, 0.25) is 11.8 Å². The number of carbonyl (C=O) groups excluding carboxylic acids is 3. The van der Waals surface area contributed by atoms with Crippen LogP contribution >= 0.6 is 0 Å². The van der Waals surface area contributed by atoms with Gasteiger partial charge >= 0.3 is 0 Å². The van der Waals surface area contributed by atoms with Crippen LogP contribution in [0.5, 0.6) is 0 Å². The van der Waals surface area contributed by atoms with E-state index in [1.807, 2.05) is 67.6 Å². The number of benzene rings is 3. The first kappa shape index (κ1) is 21.6. The third-order valence-electron chi connectivity index (χ3n) is 5.94. The zero-order valence-corrected chi connectivity index (χ0v) is 18.4. The Morgan fingerprint density at radius 2 is 1.72 bits per heavy atom. The van der Waals surface area contributed by atoms with Gasteiger partial charge in [-0.15, -0.1) is 0 Å². The second-order valence-corrected chi connectivity index (χ2v) is 7.97. The van der Waals surface area contributed by atoms with Gasteiger partial charge in [0.25, 0.3) is 5.91 Å². The number of hydrogen-bond acceptors (Lipinski definition) is 3. The first-order chi connectivity index (χ1) is 15.5. The minimum atomic E-state index is -0.637. The smallest absolute Gasteiger partial charge is 0.259 e. The van der Waals surface area contributed by atoms with Crippen molar-refractivity contribution in [2.75, 3.05) is 24.5 Å². The highest BCUT2D eigenvalue weighted by atomic mass is 16.2. The SMILES string of the molecule is CCNC(=O)[C@@H](C)N(CCc1ccccc1)C(=O)CN1C(=O)c2cccc3cccc1c23. The van der Waals surface area contributed by atoms with Gasteiger partial charge in [0.1, 0.15) is 12.6 Å². The van der Waals surface area contributed by atoms with Gasteiger partial charge in [0.15, 0.2) is 0 Å². The van der Waals surface area contributed by atoms with Crippen molar-refractivity contribution in [3.8, 4) is 0 Å². The average Bonchev–Trinajstić information content (AvgIpc) is 3.08. The van der Waals surface area contributed by atoms with E-state index in [9.17, 15) is 14.4 Å². The molecule has 0 spiro atoms. The van der Waals surface area contributed by atoms with Gasteiger partial charge in [-0.1, -0.05) is 54.6 Å². The summed E-state index contributed by atoms with van der Waals surface area (Å²) in [4.78, 5) is 42.2. The van der Waals surface area contributed by atoms with Gasteiger partial charge in [0, 0.05) is 24.0 Å². The van der Waals surface area contributed by atoms with Crippen molar-refractivity contribution in [3.63, 3.8) is 0 Å². The minimum Gasteiger partial charge on any atom is -0.355 e. The van der Waals surface area contributed by atoms with Crippen LogP contribution in [-0.2, 0) is 16.0 Å². The number of likely N-dealkylation sites (N-methyl/N-ethyl adjacent to an activating group) is 1. The van der Waals surface area contributed by atoms with Gasteiger partial charge in [-0.2, -0.15) is 0 Å². The van der Waals surface area contributed by atoms with Crippen LogP contribution in [0.2, 0.25) is 0 Å². The van der Waals surface area contributed by atoms with Gasteiger partial charge < -0.3 is 10.2 Å². The molecular formula is C26H27N3O3. The molecule has 164 valence electrons. The largest absolute Gasteiger partial charge is 0.355 e. The van der Waals surface area contributed by atoms with E-state index in [2.05, 4.69) is 5.32 Å². The van der Waals surface area contributed by atoms with Gasteiger partial charge in [-0.3, -0.25) is 19.3 Å². The molecule has 1 aliphatic rings. The fraction of sp³-hybridized carbons (Fsp3) is 0.269. The lowest BCUT2D eigenvalue weighted by Gasteiger charge is -2.30. The number of nitrogens with one attached hydrogen (secondary N) is 1. The quantitative estimate of drug-likeness (QED) is 0.597. The van der Waals surface area contributed by atoms with Crippen molar-refractivity contribution in [1.29, 1.82) is 0 Å². The zero-order valence-electron chi connectivity index (χ0n) is 18.4. The molecule has 0 unspecified atom stereocenters. The van der Waals surface area contributed by atoms with Gasteiger partial charge in [-0.25, -0.2) is 0 Å². The molecule has 0 saturated heterocycles. The van der Waals surface area contributed by atoms with E-state index in [1.54, 1.807) is 17.9 Å². The molecule has 32 heavy (non-hydrogen) atoms. The average molecular weight is 430 g/mol. The van der Waals surface area contributed by atoms with Crippen molar-refractivity contribution >= 4 is 34.2 Å². The van der Waals surface area contributed by atoms with E-state index in [0.717, 1.165) is 22.0 Å². The molecule has 0 aliphatic carbocycles. The lowest BCUT2D eigenvalue weighted by Crippen LogP contribution is -2.52. The summed E-state index contributed by atoms with van der Waals surface area (Å²) in [6, 6.07) is 20.6. The first-order valence-electron chi connectivity index (χ1n) is 11.0. The lowest BCUT2D eigenvalue weighted by molar-refractivity contribution is -0.138. The van der Waals surface area contributed by atoms with Crippen molar-refractivity contribution in [3.05, 3.63) is 77.9 Å². The van der Waals surface area contributed by atoms with Crippen LogP contribution in [0.3, 0.4) is 0 Å². The summed E-state index contributed by atoms with van der Waals surface area (Å²) in [5.41, 5.74) is 2.44. The third-order valence-corrected chi connectivity index (χ3v) is 5.94. The van der Waals surface area contributed by atoms with Crippen LogP contribution in [0, 0.1) is 0 Å². The van der Waals surface area contributed by atoms with E-state index in [0.29, 0.717) is 25.1 Å². The Kier molecular flexibility index (Phi) is 6.21. The number of carbonyl (C=O) groups is 3. The standard InChI is InChI=1S/C26H27N3O3/c1-3-27-25(31)18(2)28(16-15-19-9-5-4-6-10-19)23(30)17-29-22-14-8-12-20-11-7-13-21(24(20)22)26(29)32/h4-14,18H,3,15-17H2,1-2H3,(H,27,31)/t18-/m1/s1. The number of anilines is 1. The predicted molar refractivity (Wildman–Crippen MR) is 126 cm³/mol. The van der Waals surface area contributed by atoms with E-state index >= 15 is 0 Å². The Labute approximate surface area is 187 Å². The molecule has 1 atom stereocenters. The molecule has 4 rings (SSSR count). The maximum atomic E-state index is 13.4. The molecule has 0 saturated carbocycles. The molecule has 0 radical (unpaired) electrons. The van der Waals surface area contributed by atoms with E-state index in [-0.39, 0.29) is 24.3 Å². The number of rotatable bonds is 8. The Morgan fingerprint density at radius 3 is 2.44 bits per heavy atom. The Balaban J connectivity index is 1.57. The summed E-state index contributed by atoms with van der Waals surface area (Å²) in [5, 5.41) is 4.65. The Hall–Kier alpha value is -3.67. The molecular weight excluding hydrogens is 402 g/mol. The molecule has 3 amide bonds. The topological polar surface area (TPSA) is 69.7 Å². The van der Waals surface area contributed by atoms with Gasteiger partial charge in [0.05, 0.1) is 5.69 Å². The van der Waals surface area contributed by atoms with Crippen LogP contribution in [0.4, 0.5) is 5.69 Å². The van der Waals surface area contributed by atoms with Crippen LogP contribution in [0.1, 0.15) is 29.8 Å². The first-order valence-corrected chi connectivity index (χ1v) is 11.0. The molecule has 6 nitrogen and oxygen atoms in total. The minimum absolute atomic E-state index is 0.106. The Bertz CT molecular complexity index is 1150. The molecule has 3 aromatic rings. The number of nitrogens with zero attached hydrogens (tertiary/aromatic N) is 2. The number of amides is 3. The highest BCUT2D eigenvalue weighted by Crippen LogP contribution is 2.37. The predicted octanol–water partition coefficient (Wildman–Crippen LogP) is 3.40. The van der Waals surface area contributed by atoms with Crippen molar-refractivity contribution in [2.45, 2.75) is 26.3 Å². The summed E-state index contributed by atoms with van der Waals surface area (Å²) < 4.78 is 0. The fourth-order valence-electron chi connectivity index (χ4n) is 4.25. The highest BCUT2D eigenvalue weighted by Gasteiger charge is 2.34. The maximum absolute atomic E-state index is 13.4. The normalized spacial score (nSPS) is 13.3. The maximum Gasteiger partial charge on any atom is 0.259 e. The zero-order chi connectivity index (χ0) is 22.7. The van der Waals surface area contributed by atoms with Crippen molar-refractivity contribution in [1.82, 2.24) is 10.2 Å². The molecule has 6 heteroatoms. The van der Waals surface area contributed by atoms with Gasteiger partial charge in [-0.05, 0) is 43.4 Å². The van der Waals surface area contributed by atoms with Crippen molar-refractivity contribution in [2.24, 2.45) is 0 Å². The number of hydrogen-bond donors (Lipinski definition) is 1. The van der Waals surface area contributed by atoms with E-state index in [4.69, 9.17) is 0 Å². The molecule has 1 N–H and O–H groups in total. The molecule has 0 aromatic heterocycles. The third kappa shape index (κ3) is 4.08. The highest BCUT2D eigenvalue weighted by molar-refractivity contribution is 6.26.